The summed E-state index contributed by atoms with van der Waals surface area (Å²) in [6, 6.07) is 7.19. The summed E-state index contributed by atoms with van der Waals surface area (Å²) in [5.74, 6) is 1.09. The molecule has 0 radical (unpaired) electrons. The molecule has 1 heterocycles. The summed E-state index contributed by atoms with van der Waals surface area (Å²) < 4.78 is 3.78. The third-order valence-electron chi connectivity index (χ3n) is 1.61. The molecule has 0 aliphatic rings. The van der Waals surface area contributed by atoms with Crippen LogP contribution in [0.1, 0.15) is 5.69 Å². The van der Waals surface area contributed by atoms with Crippen molar-refractivity contribution < 1.29 is 5.11 Å². The molecular weight excluding hydrogens is 216 g/mol. The molecule has 1 aromatic heterocycles. The van der Waals surface area contributed by atoms with Crippen LogP contribution in [0.4, 0.5) is 0 Å². The van der Waals surface area contributed by atoms with Crippen molar-refractivity contribution in [2.45, 2.75) is 10.6 Å². The lowest BCUT2D eigenvalue weighted by atomic mass is 10.3. The number of phenolic OH excluding ortho intramolecular Hbond substituents is 1. The zero-order valence-electron chi connectivity index (χ0n) is 7.25. The number of hydrogen-bond acceptors (Lipinski definition) is 5. The Balaban J connectivity index is 1.98. The van der Waals surface area contributed by atoms with Crippen LogP contribution < -0.4 is 0 Å². The van der Waals surface area contributed by atoms with Gasteiger partial charge in [-0.2, -0.15) is 0 Å². The van der Waals surface area contributed by atoms with Crippen molar-refractivity contribution in [3.8, 4) is 5.75 Å². The SMILES string of the molecule is Oc1cccc(SCc2csnn2)c1. The fourth-order valence-electron chi connectivity index (χ4n) is 0.977. The lowest BCUT2D eigenvalue weighted by molar-refractivity contribution is 0.474. The molecule has 0 aliphatic heterocycles. The van der Waals surface area contributed by atoms with E-state index in [1.54, 1.807) is 23.9 Å². The summed E-state index contributed by atoms with van der Waals surface area (Å²) in [6.07, 6.45) is 0. The zero-order valence-corrected chi connectivity index (χ0v) is 8.88. The average Bonchev–Trinajstić information content (AvgIpc) is 2.67. The molecule has 72 valence electrons. The van der Waals surface area contributed by atoms with Crippen LogP contribution in [0.2, 0.25) is 0 Å². The second-order valence-electron chi connectivity index (χ2n) is 2.68. The first kappa shape index (κ1) is 9.48. The summed E-state index contributed by atoms with van der Waals surface area (Å²) in [4.78, 5) is 1.04. The summed E-state index contributed by atoms with van der Waals surface area (Å²) in [7, 11) is 0. The standard InChI is InChI=1S/C9H8N2OS2/c12-8-2-1-3-9(4-8)13-5-7-6-14-11-10-7/h1-4,6,12H,5H2. The van der Waals surface area contributed by atoms with Gasteiger partial charge in [0.2, 0.25) is 0 Å². The van der Waals surface area contributed by atoms with Crippen LogP contribution in [0.3, 0.4) is 0 Å². The van der Waals surface area contributed by atoms with Crippen LogP contribution >= 0.6 is 23.3 Å². The van der Waals surface area contributed by atoms with Gasteiger partial charge < -0.3 is 5.11 Å². The van der Waals surface area contributed by atoms with E-state index in [0.717, 1.165) is 16.3 Å². The summed E-state index contributed by atoms with van der Waals surface area (Å²) in [5.41, 5.74) is 0.975. The zero-order chi connectivity index (χ0) is 9.80. The minimum absolute atomic E-state index is 0.298. The highest BCUT2D eigenvalue weighted by Gasteiger charge is 1.99. The quantitative estimate of drug-likeness (QED) is 0.814. The van der Waals surface area contributed by atoms with Crippen molar-refractivity contribution in [2.24, 2.45) is 0 Å². The van der Waals surface area contributed by atoms with Crippen LogP contribution in [0.25, 0.3) is 0 Å². The first-order chi connectivity index (χ1) is 6.84. The van der Waals surface area contributed by atoms with Crippen LogP contribution in [0, 0.1) is 0 Å². The highest BCUT2D eigenvalue weighted by Crippen LogP contribution is 2.24. The largest absolute Gasteiger partial charge is 0.508 e. The van der Waals surface area contributed by atoms with Crippen molar-refractivity contribution in [1.29, 1.82) is 0 Å². The van der Waals surface area contributed by atoms with Crippen molar-refractivity contribution in [2.75, 3.05) is 0 Å². The lowest BCUT2D eigenvalue weighted by Gasteiger charge is -1.98. The molecule has 2 rings (SSSR count). The van der Waals surface area contributed by atoms with Crippen LogP contribution in [-0.2, 0) is 5.75 Å². The predicted molar refractivity (Wildman–Crippen MR) is 57.6 cm³/mol. The van der Waals surface area contributed by atoms with Gasteiger partial charge in [-0.15, -0.1) is 16.9 Å². The summed E-state index contributed by atoms with van der Waals surface area (Å²) >= 11 is 2.99. The van der Waals surface area contributed by atoms with Crippen molar-refractivity contribution in [1.82, 2.24) is 9.59 Å². The summed E-state index contributed by atoms with van der Waals surface area (Å²) in [5, 5.41) is 15.1. The van der Waals surface area contributed by atoms with Crippen LogP contribution in [0.5, 0.6) is 5.75 Å². The Hall–Kier alpha value is -1.07. The Bertz CT molecular complexity index is 403. The molecule has 0 fully saturated rings. The number of thioether (sulfide) groups is 1. The number of nitrogens with zero attached hydrogens (tertiary/aromatic N) is 2. The van der Waals surface area contributed by atoms with Gasteiger partial charge in [-0.3, -0.25) is 0 Å². The van der Waals surface area contributed by atoms with Crippen molar-refractivity contribution in [3.63, 3.8) is 0 Å². The average molecular weight is 224 g/mol. The van der Waals surface area contributed by atoms with E-state index < -0.39 is 0 Å². The number of hydrogen-bond donors (Lipinski definition) is 1. The first-order valence-corrected chi connectivity index (χ1v) is 5.84. The fourth-order valence-corrected chi connectivity index (χ4v) is 2.37. The summed E-state index contributed by atoms with van der Waals surface area (Å²) in [6.45, 7) is 0. The molecule has 3 nitrogen and oxygen atoms in total. The van der Waals surface area contributed by atoms with Gasteiger partial charge in [0.15, 0.2) is 0 Å². The van der Waals surface area contributed by atoms with Gasteiger partial charge in [-0.05, 0) is 29.7 Å². The van der Waals surface area contributed by atoms with Crippen molar-refractivity contribution >= 4 is 23.3 Å². The molecule has 0 bridgehead atoms. The van der Waals surface area contributed by atoms with E-state index in [9.17, 15) is 5.11 Å². The highest BCUT2D eigenvalue weighted by molar-refractivity contribution is 7.98. The van der Waals surface area contributed by atoms with Crippen molar-refractivity contribution in [3.05, 3.63) is 35.3 Å². The molecule has 0 saturated carbocycles. The maximum Gasteiger partial charge on any atom is 0.116 e. The van der Waals surface area contributed by atoms with Gasteiger partial charge in [0.05, 0.1) is 5.69 Å². The van der Waals surface area contributed by atoms with E-state index >= 15 is 0 Å². The molecule has 14 heavy (non-hydrogen) atoms. The Labute approximate surface area is 90.0 Å². The molecule has 1 aromatic carbocycles. The fraction of sp³-hybridized carbons (Fsp3) is 0.111. The molecule has 0 aliphatic carbocycles. The number of phenols is 1. The maximum atomic E-state index is 9.23. The molecule has 0 saturated heterocycles. The Morgan fingerprint density at radius 1 is 1.43 bits per heavy atom. The predicted octanol–water partition coefficient (Wildman–Crippen LogP) is 2.54. The van der Waals surface area contributed by atoms with Gasteiger partial charge >= 0.3 is 0 Å². The third-order valence-corrected chi connectivity index (χ3v) is 3.19. The van der Waals surface area contributed by atoms with Crippen LogP contribution in [-0.4, -0.2) is 14.7 Å². The van der Waals surface area contributed by atoms with E-state index in [1.807, 2.05) is 17.5 Å². The number of rotatable bonds is 3. The molecule has 0 atom stereocenters. The smallest absolute Gasteiger partial charge is 0.116 e. The Kier molecular flexibility index (Phi) is 3.00. The minimum Gasteiger partial charge on any atom is -0.508 e. The van der Waals surface area contributed by atoms with E-state index in [-0.39, 0.29) is 0 Å². The van der Waals surface area contributed by atoms with E-state index in [4.69, 9.17) is 0 Å². The van der Waals surface area contributed by atoms with Gasteiger partial charge in [0.25, 0.3) is 0 Å². The van der Waals surface area contributed by atoms with Crippen LogP contribution in [0.15, 0.2) is 34.5 Å². The monoisotopic (exact) mass is 224 g/mol. The molecule has 0 amide bonds. The second-order valence-corrected chi connectivity index (χ2v) is 4.34. The van der Waals surface area contributed by atoms with Gasteiger partial charge in [-0.1, -0.05) is 10.6 Å². The Morgan fingerprint density at radius 3 is 3.07 bits per heavy atom. The first-order valence-electron chi connectivity index (χ1n) is 4.02. The maximum absolute atomic E-state index is 9.23. The molecule has 1 N–H and O–H groups in total. The number of aromatic hydroxyl groups is 1. The van der Waals surface area contributed by atoms with Gasteiger partial charge in [-0.25, -0.2) is 0 Å². The molecule has 0 unspecified atom stereocenters. The molecular formula is C9H8N2OS2. The highest BCUT2D eigenvalue weighted by atomic mass is 32.2. The number of aromatic nitrogens is 2. The topological polar surface area (TPSA) is 46.0 Å². The minimum atomic E-state index is 0.298. The normalized spacial score (nSPS) is 10.3. The van der Waals surface area contributed by atoms with E-state index in [1.165, 1.54) is 11.5 Å². The lowest BCUT2D eigenvalue weighted by Crippen LogP contribution is -1.80. The molecule has 5 heteroatoms. The van der Waals surface area contributed by atoms with Gasteiger partial charge in [0, 0.05) is 16.0 Å². The van der Waals surface area contributed by atoms with Gasteiger partial charge in [0.1, 0.15) is 5.75 Å². The third kappa shape index (κ3) is 2.46. The molecule has 2 aromatic rings. The van der Waals surface area contributed by atoms with E-state index in [0.29, 0.717) is 5.75 Å². The van der Waals surface area contributed by atoms with E-state index in [2.05, 4.69) is 9.59 Å². The second kappa shape index (κ2) is 4.43. The number of benzene rings is 1. The Morgan fingerprint density at radius 2 is 2.36 bits per heavy atom. The molecule has 0 spiro atoms.